The molecule has 0 atom stereocenters. The van der Waals surface area contributed by atoms with Gasteiger partial charge in [-0.1, -0.05) is 23.7 Å². The summed E-state index contributed by atoms with van der Waals surface area (Å²) in [4.78, 5) is 37.8. The van der Waals surface area contributed by atoms with E-state index >= 15 is 0 Å². The van der Waals surface area contributed by atoms with Gasteiger partial charge in [0.2, 0.25) is 0 Å². The number of fused-ring (bicyclic) bond motifs is 1. The van der Waals surface area contributed by atoms with Crippen molar-refractivity contribution >= 4 is 74.2 Å². The van der Waals surface area contributed by atoms with Crippen LogP contribution in [0.25, 0.3) is 10.2 Å². The van der Waals surface area contributed by atoms with E-state index in [1.54, 1.807) is 48.5 Å². The van der Waals surface area contributed by atoms with Gasteiger partial charge in [0.25, 0.3) is 11.8 Å². The molecule has 0 spiro atoms. The lowest BCUT2D eigenvalue weighted by atomic mass is 10.1. The normalized spacial score (nSPS) is 10.8. The van der Waals surface area contributed by atoms with Gasteiger partial charge in [0.1, 0.15) is 4.83 Å². The Bertz CT molecular complexity index is 1380. The van der Waals surface area contributed by atoms with E-state index in [2.05, 4.69) is 15.8 Å². The number of hydrogen-bond acceptors (Lipinski definition) is 6. The first kappa shape index (κ1) is 23.6. The third-order valence-electron chi connectivity index (χ3n) is 4.80. The average molecular weight is 518 g/mol. The zero-order valence-corrected chi connectivity index (χ0v) is 19.9. The number of amides is 2. The molecule has 3 N–H and O–H groups in total. The van der Waals surface area contributed by atoms with Crippen molar-refractivity contribution in [3.63, 3.8) is 0 Å². The highest BCUT2D eigenvalue weighted by Gasteiger charge is 2.24. The highest BCUT2D eigenvalue weighted by Crippen LogP contribution is 2.32. The zero-order valence-electron chi connectivity index (χ0n) is 17.6. The lowest BCUT2D eigenvalue weighted by Crippen LogP contribution is -2.31. The molecule has 34 heavy (non-hydrogen) atoms. The molecule has 0 aliphatic heterocycles. The molecule has 0 aliphatic carbocycles. The molecule has 0 radical (unpaired) electrons. The fourth-order valence-corrected chi connectivity index (χ4v) is 4.48. The highest BCUT2D eigenvalue weighted by molar-refractivity contribution is 7.20. The number of nitrogens with zero attached hydrogens (tertiary/aromatic N) is 3. The molecular formula is C22H17Cl2N5O4S. The van der Waals surface area contributed by atoms with Gasteiger partial charge in [-0.3, -0.25) is 20.0 Å². The molecule has 0 bridgehead atoms. The Labute approximate surface area is 207 Å². The molecule has 2 aromatic carbocycles. The molecule has 4 aromatic rings. The van der Waals surface area contributed by atoms with Crippen LogP contribution in [0.3, 0.4) is 0 Å². The van der Waals surface area contributed by atoms with E-state index in [1.807, 2.05) is 0 Å². The minimum Gasteiger partial charge on any atom is -0.463 e. The number of halogens is 2. The van der Waals surface area contributed by atoms with Crippen LogP contribution in [0.1, 0.15) is 25.6 Å². The van der Waals surface area contributed by atoms with E-state index in [9.17, 15) is 19.5 Å². The molecule has 0 saturated carbocycles. The molecule has 2 amide bonds. The number of aromatic nitrogens is 2. The minimum absolute atomic E-state index is 0.0347. The van der Waals surface area contributed by atoms with E-state index in [4.69, 9.17) is 23.2 Å². The second-order valence-corrected chi connectivity index (χ2v) is 8.87. The predicted octanol–water partition coefficient (Wildman–Crippen LogP) is 5.37. The van der Waals surface area contributed by atoms with Gasteiger partial charge in [0.05, 0.1) is 16.0 Å². The van der Waals surface area contributed by atoms with Gasteiger partial charge < -0.3 is 10.4 Å². The Kier molecular flexibility index (Phi) is 6.73. The number of nitrogens with one attached hydrogen (secondary N) is 2. The molecule has 0 aliphatic rings. The summed E-state index contributed by atoms with van der Waals surface area (Å²) in [6.07, 6.45) is -1.34. The quantitative estimate of drug-likeness (QED) is 0.234. The number of hydrazine groups is 1. The maximum atomic E-state index is 13.0. The first-order valence-electron chi connectivity index (χ1n) is 9.79. The number of rotatable bonds is 6. The lowest BCUT2D eigenvalue weighted by molar-refractivity contribution is 0.0830. The van der Waals surface area contributed by atoms with Gasteiger partial charge >= 0.3 is 6.09 Å². The molecule has 0 saturated heterocycles. The number of hydrogen-bond donors (Lipinski definition) is 3. The zero-order chi connectivity index (χ0) is 24.4. The Balaban J connectivity index is 1.60. The summed E-state index contributed by atoms with van der Waals surface area (Å²) < 4.78 is 0.732. The maximum Gasteiger partial charge on any atom is 0.433 e. The molecule has 4 rings (SSSR count). The van der Waals surface area contributed by atoms with Crippen LogP contribution < -0.4 is 10.7 Å². The summed E-state index contributed by atoms with van der Waals surface area (Å²) in [6, 6.07) is 15.0. The van der Waals surface area contributed by atoms with Crippen LogP contribution in [0.5, 0.6) is 0 Å². The largest absolute Gasteiger partial charge is 0.463 e. The second kappa shape index (κ2) is 9.72. The van der Waals surface area contributed by atoms with Gasteiger partial charge in [0, 0.05) is 23.5 Å². The summed E-state index contributed by atoms with van der Waals surface area (Å²) in [5, 5.41) is 18.3. The van der Waals surface area contributed by atoms with Crippen LogP contribution in [-0.2, 0) is 5.88 Å². The van der Waals surface area contributed by atoms with Crippen molar-refractivity contribution < 1.29 is 19.5 Å². The smallest absolute Gasteiger partial charge is 0.433 e. The molecule has 0 fully saturated rings. The van der Waals surface area contributed by atoms with Crippen LogP contribution in [-0.4, -0.2) is 44.9 Å². The summed E-state index contributed by atoms with van der Waals surface area (Å²) in [5.41, 5.74) is 4.78. The fraction of sp³-hybridized carbons (Fsp3) is 0.0909. The van der Waals surface area contributed by atoms with Gasteiger partial charge in [-0.2, -0.15) is 4.68 Å². The Morgan fingerprint density at radius 3 is 2.41 bits per heavy atom. The first-order valence-corrected chi connectivity index (χ1v) is 11.5. The monoisotopic (exact) mass is 517 g/mol. The summed E-state index contributed by atoms with van der Waals surface area (Å²) in [6.45, 7) is 0. The number of carbonyl (C=O) groups is 3. The molecular weight excluding hydrogens is 501 g/mol. The molecule has 9 nitrogen and oxygen atoms in total. The van der Waals surface area contributed by atoms with Crippen LogP contribution in [0.2, 0.25) is 5.02 Å². The van der Waals surface area contributed by atoms with Crippen LogP contribution >= 0.6 is 34.5 Å². The second-order valence-electron chi connectivity index (χ2n) is 7.14. The van der Waals surface area contributed by atoms with Crippen molar-refractivity contribution in [2.75, 3.05) is 17.8 Å². The Morgan fingerprint density at radius 2 is 1.79 bits per heavy atom. The third kappa shape index (κ3) is 4.84. The van der Waals surface area contributed by atoms with Crippen LogP contribution in [0.4, 0.5) is 16.3 Å². The SMILES string of the molecule is CN(Nc1ccc(Cl)cc1)C(=O)c1cc2c(NC(=O)c3ccc(CCl)cc3)nn(C(=O)O)c2s1. The van der Waals surface area contributed by atoms with Gasteiger partial charge in [-0.15, -0.1) is 28.0 Å². The fourth-order valence-electron chi connectivity index (χ4n) is 3.09. The van der Waals surface area contributed by atoms with Crippen LogP contribution in [0, 0.1) is 0 Å². The highest BCUT2D eigenvalue weighted by atomic mass is 35.5. The maximum absolute atomic E-state index is 13.0. The topological polar surface area (TPSA) is 117 Å². The van der Waals surface area contributed by atoms with Gasteiger partial charge in [-0.05, 0) is 48.0 Å². The summed E-state index contributed by atoms with van der Waals surface area (Å²) in [5.74, 6) is -0.522. The van der Waals surface area contributed by atoms with Crippen molar-refractivity contribution in [2.45, 2.75) is 5.88 Å². The molecule has 2 heterocycles. The van der Waals surface area contributed by atoms with E-state index in [-0.39, 0.29) is 15.5 Å². The van der Waals surface area contributed by atoms with Crippen molar-refractivity contribution in [1.82, 2.24) is 14.8 Å². The first-order chi connectivity index (χ1) is 16.3. The number of carboxylic acid groups (broad SMARTS) is 1. The van der Waals surface area contributed by atoms with Gasteiger partial charge in [-0.25, -0.2) is 4.79 Å². The van der Waals surface area contributed by atoms with Crippen molar-refractivity contribution in [3.8, 4) is 0 Å². The van der Waals surface area contributed by atoms with Crippen molar-refractivity contribution in [3.05, 3.63) is 75.6 Å². The third-order valence-corrected chi connectivity index (χ3v) is 6.46. The number of anilines is 2. The van der Waals surface area contributed by atoms with Crippen molar-refractivity contribution in [2.24, 2.45) is 0 Å². The standard InChI is InChI=1S/C22H17Cl2N5O4S/c1-28(26-15-8-6-14(24)7-9-15)20(31)17-10-16-18(27-29(22(32)33)21(16)34-17)25-19(30)13-4-2-12(11-23)3-5-13/h2-10,26H,11H2,1H3,(H,32,33)(H,25,27,30). The van der Waals surface area contributed by atoms with Crippen molar-refractivity contribution in [1.29, 1.82) is 0 Å². The molecule has 2 aromatic heterocycles. The average Bonchev–Trinajstić information content (AvgIpc) is 3.40. The summed E-state index contributed by atoms with van der Waals surface area (Å²) >= 11 is 12.6. The molecule has 174 valence electrons. The summed E-state index contributed by atoms with van der Waals surface area (Å²) in [7, 11) is 1.54. The van der Waals surface area contributed by atoms with E-state index in [0.717, 1.165) is 21.6 Å². The Hall–Kier alpha value is -3.60. The number of alkyl halides is 1. The molecule has 0 unspecified atom stereocenters. The molecule has 12 heteroatoms. The Morgan fingerprint density at radius 1 is 1.12 bits per heavy atom. The lowest BCUT2D eigenvalue weighted by Gasteiger charge is -2.18. The minimum atomic E-state index is -1.34. The van der Waals surface area contributed by atoms with Gasteiger partial charge in [0.15, 0.2) is 5.82 Å². The number of thiophene rings is 1. The number of benzene rings is 2. The van der Waals surface area contributed by atoms with Crippen LogP contribution in [0.15, 0.2) is 54.6 Å². The van der Waals surface area contributed by atoms with E-state index in [1.165, 1.54) is 18.1 Å². The number of carbonyl (C=O) groups excluding carboxylic acids is 2. The predicted molar refractivity (Wildman–Crippen MR) is 132 cm³/mol. The van der Waals surface area contributed by atoms with E-state index in [0.29, 0.717) is 27.5 Å². The van der Waals surface area contributed by atoms with E-state index < -0.39 is 17.9 Å².